The summed E-state index contributed by atoms with van der Waals surface area (Å²) in [4.78, 5) is 0. The molecule has 1 nitrogen and oxygen atoms in total. The Balaban J connectivity index is 4.19. The highest BCUT2D eigenvalue weighted by atomic mass is 15.3. The van der Waals surface area contributed by atoms with E-state index in [4.69, 9.17) is 0 Å². The molecule has 344 valence electrons. The monoisotopic (exact) mass is 803 g/mol. The molecule has 0 N–H and O–H groups in total. The molecule has 0 fully saturated rings. The first-order chi connectivity index (χ1) is 28.2. The zero-order valence-corrected chi connectivity index (χ0v) is 41.2. The smallest absolute Gasteiger partial charge is 0.0786 e. The third-order valence-corrected chi connectivity index (χ3v) is 14.1. The zero-order valence-electron chi connectivity index (χ0n) is 41.2. The van der Waals surface area contributed by atoms with Crippen LogP contribution in [0.15, 0.2) is 0 Å². The molecule has 1 heteroatoms. The van der Waals surface area contributed by atoms with Crippen LogP contribution in [-0.2, 0) is 0 Å². The minimum absolute atomic E-state index is 1.37. The lowest BCUT2D eigenvalue weighted by atomic mass is 10.0. The minimum Gasteiger partial charge on any atom is -0.324 e. The topological polar surface area (TPSA) is 0 Å². The first kappa shape index (κ1) is 57.0. The van der Waals surface area contributed by atoms with Crippen molar-refractivity contribution < 1.29 is 4.48 Å². The summed E-state index contributed by atoms with van der Waals surface area (Å²) in [6, 6.07) is 0. The van der Waals surface area contributed by atoms with Crippen molar-refractivity contribution >= 4 is 0 Å². The van der Waals surface area contributed by atoms with Gasteiger partial charge in [-0.1, -0.05) is 290 Å². The second kappa shape index (κ2) is 50.3. The van der Waals surface area contributed by atoms with Crippen molar-refractivity contribution in [2.75, 3.05) is 26.2 Å². The van der Waals surface area contributed by atoms with E-state index in [-0.39, 0.29) is 0 Å². The average molecular weight is 804 g/mol. The summed E-state index contributed by atoms with van der Waals surface area (Å²) in [6.07, 6.45) is 70.8. The van der Waals surface area contributed by atoms with E-state index in [1.807, 2.05) is 0 Å². The minimum atomic E-state index is 1.37. The second-order valence-electron chi connectivity index (χ2n) is 19.7. The van der Waals surface area contributed by atoms with E-state index >= 15 is 0 Å². The molecular formula is C56H116N+. The van der Waals surface area contributed by atoms with Gasteiger partial charge in [-0.15, -0.1) is 0 Å². The summed E-state index contributed by atoms with van der Waals surface area (Å²) in [5.41, 5.74) is 0. The van der Waals surface area contributed by atoms with Crippen molar-refractivity contribution in [1.29, 1.82) is 0 Å². The van der Waals surface area contributed by atoms with Gasteiger partial charge in [0, 0.05) is 0 Å². The van der Waals surface area contributed by atoms with Gasteiger partial charge in [-0.2, -0.15) is 0 Å². The van der Waals surface area contributed by atoms with Gasteiger partial charge in [-0.05, 0) is 45.4 Å². The highest BCUT2D eigenvalue weighted by Gasteiger charge is 2.24. The van der Waals surface area contributed by atoms with Gasteiger partial charge in [0.15, 0.2) is 0 Å². The third-order valence-electron chi connectivity index (χ3n) is 14.1. The molecule has 0 aromatic heterocycles. The highest BCUT2D eigenvalue weighted by molar-refractivity contribution is 4.56. The Kier molecular flexibility index (Phi) is 50.3. The molecule has 0 bridgehead atoms. The van der Waals surface area contributed by atoms with Crippen LogP contribution in [0.5, 0.6) is 0 Å². The fourth-order valence-electron chi connectivity index (χ4n) is 9.80. The standard InChI is InChI=1S/C56H116N/c1-5-9-12-15-18-21-24-27-30-33-36-39-42-45-48-51-54-57(8-4,55-52-49-46-43-40-37-34-31-28-25-22-19-16-13-10-6-2)56-53-50-47-44-41-38-35-32-29-26-23-20-17-14-11-7-3/h5-56H2,1-4H3/q+1. The van der Waals surface area contributed by atoms with E-state index in [9.17, 15) is 0 Å². The van der Waals surface area contributed by atoms with Gasteiger partial charge in [0.25, 0.3) is 0 Å². The predicted molar refractivity (Wildman–Crippen MR) is 264 cm³/mol. The van der Waals surface area contributed by atoms with Crippen LogP contribution < -0.4 is 0 Å². The molecular weight excluding hydrogens is 687 g/mol. The average Bonchev–Trinajstić information content (AvgIpc) is 3.22. The summed E-state index contributed by atoms with van der Waals surface area (Å²) in [5, 5.41) is 0. The van der Waals surface area contributed by atoms with Gasteiger partial charge >= 0.3 is 0 Å². The fourth-order valence-corrected chi connectivity index (χ4v) is 9.80. The Hall–Kier alpha value is -0.0400. The van der Waals surface area contributed by atoms with Crippen LogP contribution in [-0.4, -0.2) is 30.7 Å². The molecule has 0 atom stereocenters. The first-order valence-electron chi connectivity index (χ1n) is 28.1. The molecule has 0 unspecified atom stereocenters. The van der Waals surface area contributed by atoms with E-state index < -0.39 is 0 Å². The van der Waals surface area contributed by atoms with Crippen LogP contribution >= 0.6 is 0 Å². The van der Waals surface area contributed by atoms with Crippen molar-refractivity contribution in [3.63, 3.8) is 0 Å². The molecule has 0 aromatic rings. The molecule has 0 aliphatic rings. The van der Waals surface area contributed by atoms with E-state index in [0.29, 0.717) is 0 Å². The van der Waals surface area contributed by atoms with Crippen molar-refractivity contribution in [2.24, 2.45) is 0 Å². The van der Waals surface area contributed by atoms with Crippen LogP contribution in [0.25, 0.3) is 0 Å². The molecule has 0 amide bonds. The number of hydrogen-bond donors (Lipinski definition) is 0. The Bertz CT molecular complexity index is 596. The first-order valence-corrected chi connectivity index (χ1v) is 28.1. The van der Waals surface area contributed by atoms with Crippen molar-refractivity contribution in [2.45, 2.75) is 336 Å². The van der Waals surface area contributed by atoms with Crippen LogP contribution in [0.2, 0.25) is 0 Å². The summed E-state index contributed by atoms with van der Waals surface area (Å²) in [5.74, 6) is 0. The number of rotatable bonds is 52. The van der Waals surface area contributed by atoms with Crippen molar-refractivity contribution in [3.8, 4) is 0 Å². The second-order valence-corrected chi connectivity index (χ2v) is 19.7. The number of nitrogens with zero attached hydrogens (tertiary/aromatic N) is 1. The quantitative estimate of drug-likeness (QED) is 0.0424. The van der Waals surface area contributed by atoms with Gasteiger partial charge in [-0.25, -0.2) is 0 Å². The lowest BCUT2D eigenvalue weighted by Gasteiger charge is -2.38. The molecule has 0 saturated carbocycles. The maximum absolute atomic E-state index is 2.53. The normalized spacial score (nSPS) is 12.0. The lowest BCUT2D eigenvalue weighted by molar-refractivity contribution is -0.927. The van der Waals surface area contributed by atoms with Gasteiger partial charge in [-0.3, -0.25) is 0 Å². The Morgan fingerprint density at radius 1 is 0.158 bits per heavy atom. The summed E-state index contributed by atoms with van der Waals surface area (Å²) >= 11 is 0. The van der Waals surface area contributed by atoms with Crippen LogP contribution in [0.4, 0.5) is 0 Å². The summed E-state index contributed by atoms with van der Waals surface area (Å²) in [7, 11) is 0. The number of quaternary nitrogens is 1. The Morgan fingerprint density at radius 2 is 0.281 bits per heavy atom. The third kappa shape index (κ3) is 45.3. The molecule has 0 saturated heterocycles. The molecule has 0 spiro atoms. The maximum Gasteiger partial charge on any atom is 0.0786 e. The molecule has 0 aliphatic carbocycles. The van der Waals surface area contributed by atoms with E-state index in [1.165, 1.54) is 339 Å². The summed E-state index contributed by atoms with van der Waals surface area (Å²) in [6.45, 7) is 15.3. The maximum atomic E-state index is 2.53. The van der Waals surface area contributed by atoms with Gasteiger partial charge < -0.3 is 4.48 Å². The van der Waals surface area contributed by atoms with Gasteiger partial charge in [0.05, 0.1) is 26.2 Å². The molecule has 0 aromatic carbocycles. The summed E-state index contributed by atoms with van der Waals surface area (Å²) < 4.78 is 1.44. The van der Waals surface area contributed by atoms with E-state index in [0.717, 1.165) is 0 Å². The van der Waals surface area contributed by atoms with Crippen LogP contribution in [0.1, 0.15) is 336 Å². The van der Waals surface area contributed by atoms with Gasteiger partial charge in [0.1, 0.15) is 0 Å². The molecule has 0 aliphatic heterocycles. The zero-order chi connectivity index (χ0) is 41.3. The highest BCUT2D eigenvalue weighted by Crippen LogP contribution is 2.21. The SMILES string of the molecule is CCCCCCCCCCCCCCCCCC[N+](CC)(CCCCCCCCCCCCCCCCCC)CCCCCCCCCCCCCCCCCC. The number of hydrogen-bond acceptors (Lipinski definition) is 0. The number of unbranched alkanes of at least 4 members (excludes halogenated alkanes) is 45. The van der Waals surface area contributed by atoms with Crippen molar-refractivity contribution in [1.82, 2.24) is 0 Å². The fraction of sp³-hybridized carbons (Fsp3) is 1.00. The predicted octanol–water partition coefficient (Wildman–Crippen LogP) is 20.6. The van der Waals surface area contributed by atoms with E-state index in [2.05, 4.69) is 27.7 Å². The van der Waals surface area contributed by atoms with Crippen molar-refractivity contribution in [3.05, 3.63) is 0 Å². The van der Waals surface area contributed by atoms with Crippen LogP contribution in [0.3, 0.4) is 0 Å². The van der Waals surface area contributed by atoms with E-state index in [1.54, 1.807) is 0 Å². The van der Waals surface area contributed by atoms with Gasteiger partial charge in [0.2, 0.25) is 0 Å². The lowest BCUT2D eigenvalue weighted by Crippen LogP contribution is -2.50. The molecule has 0 radical (unpaired) electrons. The van der Waals surface area contributed by atoms with Crippen LogP contribution in [0, 0.1) is 0 Å². The largest absolute Gasteiger partial charge is 0.324 e. The molecule has 0 rings (SSSR count). The molecule has 57 heavy (non-hydrogen) atoms. The Morgan fingerprint density at radius 3 is 0.404 bits per heavy atom. The molecule has 0 heterocycles. The Labute approximate surface area is 365 Å².